The Morgan fingerprint density at radius 3 is 2.11 bits per heavy atom. The maximum atomic E-state index is 14.3. The predicted octanol–water partition coefficient (Wildman–Crippen LogP) is 9.53. The van der Waals surface area contributed by atoms with Gasteiger partial charge in [0.1, 0.15) is 18.8 Å². The smallest absolute Gasteiger partial charge is 0.664 e. The zero-order valence-corrected chi connectivity index (χ0v) is 42.4. The number of hydrogen-bond acceptors (Lipinski definition) is 6. The number of allylic oxidation sites excluding steroid dienone is 3. The van der Waals surface area contributed by atoms with Crippen molar-refractivity contribution in [3.8, 4) is 0 Å². The molecule has 0 spiro atoms. The molecule has 0 aromatic carbocycles. The number of fused-ring (bicyclic) bond motifs is 7. The van der Waals surface area contributed by atoms with Gasteiger partial charge in [0.05, 0.1) is 7.11 Å². The van der Waals surface area contributed by atoms with Crippen molar-refractivity contribution in [3.63, 3.8) is 0 Å². The summed E-state index contributed by atoms with van der Waals surface area (Å²) in [6.45, 7) is 21.5. The standard InChI is InChI=1S/C54H72N4O6.Mg/c1-12-38-34(7)42-27-46-40(29-59)36(9)41(56-46)26-43-35(8)39(51(57-43)49-50(54(62)63-11)53(61)48-37(10)44(58-52(48)49)28-45(38)55-42)22-23-47(60)64-25-24-33(6)21-15-20-32(5)19-14-18-31(4)17-13-16-30(2)3;/h24,26-32,35,39,50H,12-23,25H2,1-11H3,(H2-2,55,56,57,58,59,61);/q-2;+2/p-2/b33-24+,43-26-;/t31-,32-,35+,39+,50+;/m1./s1. The van der Waals surface area contributed by atoms with Crippen LogP contribution in [0.25, 0.3) is 29.1 Å². The van der Waals surface area contributed by atoms with Gasteiger partial charge in [0.25, 0.3) is 0 Å². The van der Waals surface area contributed by atoms with E-state index in [2.05, 4.69) is 41.5 Å². The number of aldehydes is 1. The number of methoxy groups -OCH3 is 1. The molecule has 0 unspecified atom stereocenters. The van der Waals surface area contributed by atoms with Gasteiger partial charge in [-0.1, -0.05) is 138 Å². The predicted molar refractivity (Wildman–Crippen MR) is 260 cm³/mol. The van der Waals surface area contributed by atoms with E-state index in [4.69, 9.17) is 29.7 Å². The molecule has 3 aromatic heterocycles. The van der Waals surface area contributed by atoms with E-state index in [0.29, 0.717) is 86.1 Å². The van der Waals surface area contributed by atoms with Crippen molar-refractivity contribution in [1.29, 1.82) is 0 Å². The fraction of sp³-hybridized carbons (Fsp3) is 0.556. The summed E-state index contributed by atoms with van der Waals surface area (Å²) in [5, 5.41) is 6.60. The Labute approximate surface area is 403 Å². The van der Waals surface area contributed by atoms with E-state index in [9.17, 15) is 19.2 Å². The van der Waals surface area contributed by atoms with Crippen molar-refractivity contribution in [3.05, 3.63) is 95.2 Å². The molecule has 3 aromatic rings. The van der Waals surface area contributed by atoms with Crippen molar-refractivity contribution in [2.24, 2.45) is 35.5 Å². The van der Waals surface area contributed by atoms with Gasteiger partial charge in [0, 0.05) is 17.5 Å². The average Bonchev–Trinajstić information content (AvgIpc) is 3.99. The number of nitrogens with zero attached hydrogens (tertiary/aromatic N) is 4. The number of aromatic nitrogens is 3. The van der Waals surface area contributed by atoms with E-state index in [1.807, 2.05) is 52.0 Å². The molecule has 1 fully saturated rings. The van der Waals surface area contributed by atoms with E-state index >= 15 is 0 Å². The Morgan fingerprint density at radius 2 is 1.46 bits per heavy atom. The minimum Gasteiger partial charge on any atom is -0.664 e. The Kier molecular flexibility index (Phi) is 18.2. The Bertz CT molecular complexity index is 2460. The number of hydrogen-bond donors (Lipinski definition) is 0. The Balaban J connectivity index is 0.00000793. The summed E-state index contributed by atoms with van der Waals surface area (Å²) in [6, 6.07) is 0. The number of rotatable bonds is 20. The fourth-order valence-electron chi connectivity index (χ4n) is 9.97. The van der Waals surface area contributed by atoms with Crippen LogP contribution in [0.2, 0.25) is 0 Å². The van der Waals surface area contributed by atoms with Crippen LogP contribution in [0.4, 0.5) is 0 Å². The van der Waals surface area contributed by atoms with Crippen LogP contribution in [0, 0.1) is 56.3 Å². The second kappa shape index (κ2) is 22.9. The van der Waals surface area contributed by atoms with Gasteiger partial charge in [0.2, 0.25) is 0 Å². The first-order valence-electron chi connectivity index (χ1n) is 23.8. The number of ketones is 1. The van der Waals surface area contributed by atoms with Gasteiger partial charge in [-0.3, -0.25) is 19.2 Å². The largest absolute Gasteiger partial charge is 2.00 e. The molecule has 65 heavy (non-hydrogen) atoms. The van der Waals surface area contributed by atoms with Gasteiger partial charge in [-0.2, -0.15) is 11.4 Å². The van der Waals surface area contributed by atoms with Gasteiger partial charge < -0.3 is 29.7 Å². The van der Waals surface area contributed by atoms with Crippen LogP contribution in [-0.2, 0) is 25.5 Å². The summed E-state index contributed by atoms with van der Waals surface area (Å²) < 4.78 is 11.0. The van der Waals surface area contributed by atoms with Crippen molar-refractivity contribution >= 4 is 70.9 Å². The van der Waals surface area contributed by atoms with E-state index in [-0.39, 0.29) is 59.7 Å². The molecule has 346 valence electrons. The first kappa shape index (κ1) is 51.6. The molecular formula is C54H70MgN4O6-2. The van der Waals surface area contributed by atoms with Gasteiger partial charge in [-0.05, 0) is 89.0 Å². The number of ether oxygens (including phenoxy) is 2. The first-order chi connectivity index (χ1) is 30.6. The molecule has 6 rings (SSSR count). The molecule has 2 aliphatic heterocycles. The number of carbonyl (C=O) groups is 4. The van der Waals surface area contributed by atoms with Gasteiger partial charge in [-0.15, -0.1) is 33.5 Å². The van der Waals surface area contributed by atoms with Crippen LogP contribution < -0.4 is 25.7 Å². The van der Waals surface area contributed by atoms with Crippen molar-refractivity contribution < 1.29 is 28.7 Å². The summed E-state index contributed by atoms with van der Waals surface area (Å²) in [4.78, 5) is 68.8. The quantitative estimate of drug-likeness (QED) is 0.0356. The molecule has 1 aliphatic carbocycles. The first-order valence-corrected chi connectivity index (χ1v) is 23.8. The normalized spacial score (nSPS) is 21.7. The van der Waals surface area contributed by atoms with Crippen molar-refractivity contribution in [1.82, 2.24) is 15.0 Å². The minimum atomic E-state index is -1.25. The van der Waals surface area contributed by atoms with E-state index < -0.39 is 11.9 Å². The molecule has 0 N–H and O–H groups in total. The third-order valence-electron chi connectivity index (χ3n) is 14.1. The summed E-state index contributed by atoms with van der Waals surface area (Å²) in [6.07, 6.45) is 20.8. The Morgan fingerprint density at radius 1 is 0.815 bits per heavy atom. The van der Waals surface area contributed by atoms with Crippen LogP contribution in [0.15, 0.2) is 23.0 Å². The second-order valence-corrected chi connectivity index (χ2v) is 19.3. The number of carbonyl (C=O) groups excluding carboxylic acids is 4. The summed E-state index contributed by atoms with van der Waals surface area (Å²) in [5.74, 6) is -0.961. The van der Waals surface area contributed by atoms with E-state index in [1.165, 1.54) is 57.6 Å². The molecule has 5 heterocycles. The van der Waals surface area contributed by atoms with Crippen LogP contribution in [0.3, 0.4) is 0 Å². The molecule has 0 amide bonds. The van der Waals surface area contributed by atoms with E-state index in [1.54, 1.807) is 0 Å². The molecule has 3 aliphatic rings. The van der Waals surface area contributed by atoms with Gasteiger partial charge in [0.15, 0.2) is 5.78 Å². The third kappa shape index (κ3) is 11.6. The summed E-state index contributed by atoms with van der Waals surface area (Å²) in [5.41, 5.74) is 9.13. The van der Waals surface area contributed by atoms with Gasteiger partial charge in [-0.25, -0.2) is 0 Å². The minimum absolute atomic E-state index is 0. The molecule has 8 bridgehead atoms. The average molecular weight is 895 g/mol. The topological polar surface area (TPSA) is 143 Å². The molecule has 0 saturated carbocycles. The maximum absolute atomic E-state index is 14.3. The van der Waals surface area contributed by atoms with Crippen molar-refractivity contribution in [2.45, 2.75) is 146 Å². The van der Waals surface area contributed by atoms with Crippen LogP contribution in [-0.4, -0.2) is 60.8 Å². The van der Waals surface area contributed by atoms with Crippen molar-refractivity contribution in [2.75, 3.05) is 13.7 Å². The van der Waals surface area contributed by atoms with Gasteiger partial charge >= 0.3 is 35.0 Å². The molecule has 0 radical (unpaired) electrons. The van der Waals surface area contributed by atoms with Crippen LogP contribution in [0.5, 0.6) is 0 Å². The number of Topliss-reactive ketones (excluding diaryl/α,β-unsaturated/α-hetero) is 1. The number of esters is 2. The monoisotopic (exact) mass is 895 g/mol. The molecular weight excluding hydrogens is 825 g/mol. The molecule has 5 atom stereocenters. The SMILES string of the molecule is CCc1c(C)/c2[n-]/c1=C\c1[n-]c3c(c1C)C(=O)[C@@H](C(=O)OC)/C3=C1/[N-]/C(=C\c3[n-]c(c(C=O)c3C)\C=2)[C@@H](C)[C@@H]1CCC(=O)OC/C=C(\C)CCC[C@H](C)CCC[C@H](C)CCCC(C)C.[Mg+2]. The summed E-state index contributed by atoms with van der Waals surface area (Å²) in [7, 11) is 1.28. The Hall–Kier alpha value is -4.35. The second-order valence-electron chi connectivity index (χ2n) is 19.3. The zero-order valence-electron chi connectivity index (χ0n) is 41.0. The fourth-order valence-corrected chi connectivity index (χ4v) is 9.97. The molecule has 1 saturated heterocycles. The van der Waals surface area contributed by atoms with Crippen LogP contribution >= 0.6 is 0 Å². The molecule has 10 nitrogen and oxygen atoms in total. The van der Waals surface area contributed by atoms with Crippen LogP contribution in [0.1, 0.15) is 185 Å². The third-order valence-corrected chi connectivity index (χ3v) is 14.1. The van der Waals surface area contributed by atoms with E-state index in [0.717, 1.165) is 47.4 Å². The summed E-state index contributed by atoms with van der Waals surface area (Å²) >= 11 is 0. The maximum Gasteiger partial charge on any atom is 2.00 e. The zero-order chi connectivity index (χ0) is 46.4. The molecule has 11 heteroatoms.